The molecule has 0 spiro atoms. The van der Waals surface area contributed by atoms with Gasteiger partial charge >= 0.3 is 0 Å². The molecule has 0 aromatic carbocycles. The standard InChI is InChI=1S/C12H27N5O2/c1-11(2)9-15-18-16-19-17(5)10-12(3,4)14-8-6-7-13-11/h9,13-14,16H,6-8,10H2,1-5H3/b15-9+. The second kappa shape index (κ2) is 7.16. The van der Waals surface area contributed by atoms with E-state index in [4.69, 9.17) is 9.88 Å². The lowest BCUT2D eigenvalue weighted by atomic mass is 10.1. The molecule has 1 aliphatic heterocycles. The maximum Gasteiger partial charge on any atom is 0.0659 e. The van der Waals surface area contributed by atoms with Gasteiger partial charge in [0.05, 0.1) is 11.8 Å². The smallest absolute Gasteiger partial charge is 0.0659 e. The van der Waals surface area contributed by atoms with Crippen LogP contribution in [0.25, 0.3) is 0 Å². The van der Waals surface area contributed by atoms with Gasteiger partial charge in [-0.05, 0) is 47.2 Å². The largest absolute Gasteiger partial charge is 0.310 e. The Morgan fingerprint density at radius 2 is 1.84 bits per heavy atom. The van der Waals surface area contributed by atoms with Gasteiger partial charge in [0.15, 0.2) is 0 Å². The molecule has 0 saturated heterocycles. The molecule has 0 aromatic heterocycles. The molecule has 0 aliphatic carbocycles. The van der Waals surface area contributed by atoms with E-state index in [1.165, 1.54) is 0 Å². The normalized spacial score (nSPS) is 28.1. The zero-order chi connectivity index (χ0) is 14.4. The first-order chi connectivity index (χ1) is 8.81. The van der Waals surface area contributed by atoms with Crippen LogP contribution in [0, 0.1) is 0 Å². The predicted octanol–water partition coefficient (Wildman–Crippen LogP) is 0.412. The van der Waals surface area contributed by atoms with Crippen molar-refractivity contribution in [1.29, 1.82) is 0 Å². The van der Waals surface area contributed by atoms with Crippen molar-refractivity contribution in [3.05, 3.63) is 0 Å². The van der Waals surface area contributed by atoms with Crippen molar-refractivity contribution < 1.29 is 9.88 Å². The molecule has 1 rings (SSSR count). The molecule has 0 unspecified atom stereocenters. The van der Waals surface area contributed by atoms with Crippen LogP contribution in [0.4, 0.5) is 0 Å². The lowest BCUT2D eigenvalue weighted by Gasteiger charge is -2.30. The van der Waals surface area contributed by atoms with Crippen molar-refractivity contribution in [2.24, 2.45) is 5.16 Å². The minimum Gasteiger partial charge on any atom is -0.310 e. The Morgan fingerprint density at radius 3 is 2.58 bits per heavy atom. The Kier molecular flexibility index (Phi) is 6.15. The number of nitrogens with one attached hydrogen (secondary N) is 3. The summed E-state index contributed by atoms with van der Waals surface area (Å²) in [5, 5.41) is 12.4. The zero-order valence-corrected chi connectivity index (χ0v) is 12.6. The molecule has 0 bridgehead atoms. The summed E-state index contributed by atoms with van der Waals surface area (Å²) >= 11 is 0. The maximum absolute atomic E-state index is 5.18. The number of rotatable bonds is 0. The SMILES string of the molecule is CN1CC(C)(C)NCCCNC(C)(C)/C=N/ONO1. The Morgan fingerprint density at radius 1 is 1.16 bits per heavy atom. The van der Waals surface area contributed by atoms with Crippen LogP contribution in [0.3, 0.4) is 0 Å². The second-order valence-corrected chi connectivity index (χ2v) is 6.10. The van der Waals surface area contributed by atoms with Gasteiger partial charge in [-0.2, -0.15) is 10.0 Å². The average Bonchev–Trinajstić information content (AvgIpc) is 2.25. The molecule has 7 heteroatoms. The van der Waals surface area contributed by atoms with Crippen molar-refractivity contribution in [2.75, 3.05) is 26.7 Å². The molecule has 19 heavy (non-hydrogen) atoms. The van der Waals surface area contributed by atoms with Crippen LogP contribution >= 0.6 is 0 Å². The fourth-order valence-electron chi connectivity index (χ4n) is 1.88. The van der Waals surface area contributed by atoms with E-state index >= 15 is 0 Å². The Bertz CT molecular complexity index is 294. The molecule has 0 amide bonds. The maximum atomic E-state index is 5.18. The first-order valence-electron chi connectivity index (χ1n) is 6.64. The van der Waals surface area contributed by atoms with Crippen molar-refractivity contribution in [1.82, 2.24) is 21.3 Å². The van der Waals surface area contributed by atoms with E-state index in [2.05, 4.69) is 35.3 Å². The molecule has 3 N–H and O–H groups in total. The summed E-state index contributed by atoms with van der Waals surface area (Å²) in [6, 6.07) is 0. The van der Waals surface area contributed by atoms with Crippen molar-refractivity contribution in [2.45, 2.75) is 45.2 Å². The van der Waals surface area contributed by atoms with Crippen LogP contribution in [-0.4, -0.2) is 49.0 Å². The van der Waals surface area contributed by atoms with Gasteiger partial charge in [0.25, 0.3) is 0 Å². The third-order valence-electron chi connectivity index (χ3n) is 2.81. The van der Waals surface area contributed by atoms with Gasteiger partial charge in [0, 0.05) is 24.8 Å². The number of oxime groups is 1. The zero-order valence-electron chi connectivity index (χ0n) is 12.6. The van der Waals surface area contributed by atoms with Crippen molar-refractivity contribution >= 4 is 6.21 Å². The fourth-order valence-corrected chi connectivity index (χ4v) is 1.88. The third-order valence-corrected chi connectivity index (χ3v) is 2.81. The second-order valence-electron chi connectivity index (χ2n) is 6.10. The third kappa shape index (κ3) is 7.44. The van der Waals surface area contributed by atoms with Crippen LogP contribution in [0.1, 0.15) is 34.1 Å². The van der Waals surface area contributed by atoms with E-state index in [-0.39, 0.29) is 11.1 Å². The molecule has 0 atom stereocenters. The van der Waals surface area contributed by atoms with E-state index in [1.54, 1.807) is 11.3 Å². The summed E-state index contributed by atoms with van der Waals surface area (Å²) in [5.41, 5.74) is 2.08. The van der Waals surface area contributed by atoms with Crippen LogP contribution in [0.2, 0.25) is 0 Å². The fraction of sp³-hybridized carbons (Fsp3) is 0.917. The lowest BCUT2D eigenvalue weighted by Crippen LogP contribution is -2.50. The lowest BCUT2D eigenvalue weighted by molar-refractivity contribution is -0.299. The molecule has 1 aliphatic rings. The number of hydroxylamine groups is 2. The molecular formula is C12H27N5O2. The molecule has 1 heterocycles. The van der Waals surface area contributed by atoms with Gasteiger partial charge in [-0.15, -0.1) is 0 Å². The minimum absolute atomic E-state index is 0.0423. The van der Waals surface area contributed by atoms with E-state index in [1.807, 2.05) is 20.9 Å². The minimum atomic E-state index is -0.215. The summed E-state index contributed by atoms with van der Waals surface area (Å²) in [6.45, 7) is 10.9. The number of nitrogens with zero attached hydrogens (tertiary/aromatic N) is 2. The summed E-state index contributed by atoms with van der Waals surface area (Å²) in [6.07, 6.45) is 2.75. The van der Waals surface area contributed by atoms with E-state index in [0.29, 0.717) is 6.54 Å². The Labute approximate surface area is 115 Å². The van der Waals surface area contributed by atoms with E-state index in [9.17, 15) is 0 Å². The average molecular weight is 273 g/mol. The van der Waals surface area contributed by atoms with Crippen LogP contribution in [0.15, 0.2) is 5.16 Å². The summed E-state index contributed by atoms with van der Waals surface area (Å²) in [7, 11) is 1.83. The van der Waals surface area contributed by atoms with Gasteiger partial charge in [0.1, 0.15) is 0 Å². The predicted molar refractivity (Wildman–Crippen MR) is 75.2 cm³/mol. The van der Waals surface area contributed by atoms with E-state index in [0.717, 1.165) is 19.5 Å². The molecule has 7 nitrogen and oxygen atoms in total. The van der Waals surface area contributed by atoms with Crippen LogP contribution in [-0.2, 0) is 9.88 Å². The van der Waals surface area contributed by atoms with Gasteiger partial charge in [-0.3, -0.25) is 4.94 Å². The van der Waals surface area contributed by atoms with Gasteiger partial charge in [-0.25, -0.2) is 0 Å². The Balaban J connectivity index is 2.56. The van der Waals surface area contributed by atoms with Gasteiger partial charge < -0.3 is 10.6 Å². The van der Waals surface area contributed by atoms with Crippen LogP contribution in [0.5, 0.6) is 0 Å². The quantitative estimate of drug-likeness (QED) is 0.594. The highest BCUT2D eigenvalue weighted by molar-refractivity contribution is 5.68. The van der Waals surface area contributed by atoms with Gasteiger partial charge in [0.2, 0.25) is 0 Å². The van der Waals surface area contributed by atoms with Crippen molar-refractivity contribution in [3.8, 4) is 0 Å². The number of hydrogen-bond acceptors (Lipinski definition) is 7. The van der Waals surface area contributed by atoms with Gasteiger partial charge in [-0.1, -0.05) is 5.16 Å². The Hall–Kier alpha value is -0.730. The highest BCUT2D eigenvalue weighted by Gasteiger charge is 2.20. The van der Waals surface area contributed by atoms with Crippen LogP contribution < -0.4 is 16.3 Å². The van der Waals surface area contributed by atoms with Crippen molar-refractivity contribution in [3.63, 3.8) is 0 Å². The first kappa shape index (κ1) is 16.3. The molecule has 0 radical (unpaired) electrons. The van der Waals surface area contributed by atoms with E-state index < -0.39 is 0 Å². The first-order valence-corrected chi connectivity index (χ1v) is 6.64. The number of likely N-dealkylation sites (N-methyl/N-ethyl adjacent to an activating group) is 1. The molecule has 0 saturated carbocycles. The number of hydrogen-bond donors (Lipinski definition) is 3. The molecule has 0 fully saturated rings. The molecule has 0 aromatic rings. The summed E-state index contributed by atoms with van der Waals surface area (Å²) < 4.78 is 0. The highest BCUT2D eigenvalue weighted by atomic mass is 17.0. The molecule has 112 valence electrons. The summed E-state index contributed by atoms with van der Waals surface area (Å²) in [4.78, 5) is 10.0. The molecular weight excluding hydrogens is 246 g/mol. The summed E-state index contributed by atoms with van der Waals surface area (Å²) in [5.74, 6) is 0. The monoisotopic (exact) mass is 273 g/mol. The highest BCUT2D eigenvalue weighted by Crippen LogP contribution is 2.05. The topological polar surface area (TPSA) is 70.2 Å².